The van der Waals surface area contributed by atoms with Gasteiger partial charge in [0.2, 0.25) is 0 Å². The van der Waals surface area contributed by atoms with E-state index >= 15 is 0 Å². The van der Waals surface area contributed by atoms with Gasteiger partial charge in [-0.3, -0.25) is 14.9 Å². The molecular weight excluding hydrogens is 296 g/mol. The number of pyridine rings is 1. The summed E-state index contributed by atoms with van der Waals surface area (Å²) >= 11 is 5.72. The van der Waals surface area contributed by atoms with Crippen LogP contribution in [0.1, 0.15) is 10.4 Å². The van der Waals surface area contributed by atoms with Crippen molar-refractivity contribution in [2.75, 3.05) is 17.7 Å². The molecule has 8 heteroatoms. The van der Waals surface area contributed by atoms with Crippen molar-refractivity contribution in [1.82, 2.24) is 4.98 Å². The summed E-state index contributed by atoms with van der Waals surface area (Å²) in [6.07, 6.45) is 1.55. The summed E-state index contributed by atoms with van der Waals surface area (Å²) < 4.78 is 0. The molecule has 1 amide bonds. The Kier molecular flexibility index (Phi) is 4.34. The molecule has 0 radical (unpaired) electrons. The number of nitrogens with one attached hydrogen (secondary N) is 2. The fourth-order valence-electron chi connectivity index (χ4n) is 1.72. The Labute approximate surface area is 125 Å². The predicted molar refractivity (Wildman–Crippen MR) is 79.8 cm³/mol. The van der Waals surface area contributed by atoms with E-state index in [1.54, 1.807) is 25.4 Å². The second kappa shape index (κ2) is 6.19. The highest BCUT2D eigenvalue weighted by molar-refractivity contribution is 6.32. The zero-order chi connectivity index (χ0) is 15.4. The summed E-state index contributed by atoms with van der Waals surface area (Å²) in [6, 6.07) is 7.27. The van der Waals surface area contributed by atoms with Crippen molar-refractivity contribution in [3.05, 3.63) is 57.2 Å². The Morgan fingerprint density at radius 2 is 2.14 bits per heavy atom. The van der Waals surface area contributed by atoms with Crippen LogP contribution in [0.2, 0.25) is 5.02 Å². The van der Waals surface area contributed by atoms with Crippen LogP contribution >= 0.6 is 11.6 Å². The van der Waals surface area contributed by atoms with Gasteiger partial charge in [-0.15, -0.1) is 0 Å². The number of benzene rings is 1. The average molecular weight is 307 g/mol. The Morgan fingerprint density at radius 1 is 1.38 bits per heavy atom. The lowest BCUT2D eigenvalue weighted by atomic mass is 10.2. The zero-order valence-corrected chi connectivity index (χ0v) is 11.7. The van der Waals surface area contributed by atoms with Gasteiger partial charge < -0.3 is 10.6 Å². The van der Waals surface area contributed by atoms with Crippen LogP contribution in [-0.4, -0.2) is 22.9 Å². The number of hydrogen-bond acceptors (Lipinski definition) is 5. The lowest BCUT2D eigenvalue weighted by Crippen LogP contribution is -2.14. The van der Waals surface area contributed by atoms with Gasteiger partial charge in [-0.2, -0.15) is 0 Å². The molecule has 0 aliphatic rings. The van der Waals surface area contributed by atoms with E-state index in [0.717, 1.165) is 0 Å². The molecule has 1 aromatic heterocycles. The molecule has 0 bridgehead atoms. The van der Waals surface area contributed by atoms with E-state index in [1.807, 2.05) is 0 Å². The molecule has 0 atom stereocenters. The summed E-state index contributed by atoms with van der Waals surface area (Å²) in [7, 11) is 1.65. The summed E-state index contributed by atoms with van der Waals surface area (Å²) in [5.74, 6) is -0.0115. The smallest absolute Gasteiger partial charge is 0.289 e. The maximum absolute atomic E-state index is 12.2. The Bertz CT molecular complexity index is 706. The van der Waals surface area contributed by atoms with E-state index < -0.39 is 10.8 Å². The average Bonchev–Trinajstić information content (AvgIpc) is 2.48. The van der Waals surface area contributed by atoms with E-state index in [9.17, 15) is 14.9 Å². The SMILES string of the molecule is CNc1ncccc1C(=O)Nc1ccc(Cl)c([N+](=O)[O-])c1. The number of nitrogens with zero attached hydrogens (tertiary/aromatic N) is 2. The maximum Gasteiger partial charge on any atom is 0.289 e. The zero-order valence-electron chi connectivity index (χ0n) is 11.0. The Morgan fingerprint density at radius 3 is 2.81 bits per heavy atom. The number of halogens is 1. The third kappa shape index (κ3) is 3.26. The predicted octanol–water partition coefficient (Wildman–Crippen LogP) is 2.94. The molecule has 2 rings (SSSR count). The lowest BCUT2D eigenvalue weighted by molar-refractivity contribution is -0.384. The van der Waals surface area contributed by atoms with Crippen LogP contribution in [0.15, 0.2) is 36.5 Å². The molecule has 0 fully saturated rings. The molecular formula is C13H11ClN4O3. The number of carbonyl (C=O) groups is 1. The highest BCUT2D eigenvalue weighted by Crippen LogP contribution is 2.27. The number of carbonyl (C=O) groups excluding carboxylic acids is 1. The second-order valence-electron chi connectivity index (χ2n) is 4.03. The minimum Gasteiger partial charge on any atom is -0.372 e. The number of amides is 1. The highest BCUT2D eigenvalue weighted by atomic mass is 35.5. The molecule has 2 aromatic rings. The van der Waals surface area contributed by atoms with Crippen LogP contribution in [0.3, 0.4) is 0 Å². The lowest BCUT2D eigenvalue weighted by Gasteiger charge is -2.09. The first kappa shape index (κ1) is 14.7. The summed E-state index contributed by atoms with van der Waals surface area (Å²) in [4.78, 5) is 26.4. The van der Waals surface area contributed by atoms with E-state index in [4.69, 9.17) is 11.6 Å². The first-order valence-electron chi connectivity index (χ1n) is 5.91. The van der Waals surface area contributed by atoms with E-state index in [2.05, 4.69) is 15.6 Å². The minimum atomic E-state index is -0.610. The number of nitro groups is 1. The van der Waals surface area contributed by atoms with Gasteiger partial charge in [0.15, 0.2) is 0 Å². The quantitative estimate of drug-likeness (QED) is 0.668. The number of rotatable bonds is 4. The standard InChI is InChI=1S/C13H11ClN4O3/c1-15-12-9(3-2-6-16-12)13(19)17-8-4-5-10(14)11(7-8)18(20)21/h2-7H,1H3,(H,15,16)(H,17,19). The third-order valence-electron chi connectivity index (χ3n) is 2.69. The number of anilines is 2. The molecule has 108 valence electrons. The highest BCUT2D eigenvalue weighted by Gasteiger charge is 2.16. The molecule has 7 nitrogen and oxygen atoms in total. The second-order valence-corrected chi connectivity index (χ2v) is 4.43. The number of aromatic nitrogens is 1. The van der Waals surface area contributed by atoms with Crippen molar-refractivity contribution in [2.24, 2.45) is 0 Å². The van der Waals surface area contributed by atoms with E-state index in [-0.39, 0.29) is 16.4 Å². The van der Waals surface area contributed by atoms with E-state index in [0.29, 0.717) is 11.4 Å². The van der Waals surface area contributed by atoms with Crippen LogP contribution in [0, 0.1) is 10.1 Å². The monoisotopic (exact) mass is 306 g/mol. The first-order chi connectivity index (χ1) is 10.0. The van der Waals surface area contributed by atoms with Gasteiger partial charge in [0, 0.05) is 25.0 Å². The molecule has 21 heavy (non-hydrogen) atoms. The molecule has 0 saturated heterocycles. The van der Waals surface area contributed by atoms with Crippen LogP contribution < -0.4 is 10.6 Å². The van der Waals surface area contributed by atoms with Crippen molar-refractivity contribution in [3.8, 4) is 0 Å². The van der Waals surface area contributed by atoms with Crippen LogP contribution in [0.25, 0.3) is 0 Å². The molecule has 0 spiro atoms. The molecule has 2 N–H and O–H groups in total. The van der Waals surface area contributed by atoms with Gasteiger partial charge in [-0.1, -0.05) is 11.6 Å². The molecule has 0 aliphatic carbocycles. The molecule has 0 saturated carbocycles. The largest absolute Gasteiger partial charge is 0.372 e. The van der Waals surface area contributed by atoms with E-state index in [1.165, 1.54) is 18.2 Å². The number of hydrogen-bond donors (Lipinski definition) is 2. The number of nitro benzene ring substituents is 1. The van der Waals surface area contributed by atoms with Crippen molar-refractivity contribution in [3.63, 3.8) is 0 Å². The van der Waals surface area contributed by atoms with Crippen molar-refractivity contribution in [2.45, 2.75) is 0 Å². The van der Waals surface area contributed by atoms with Gasteiger partial charge in [-0.05, 0) is 24.3 Å². The third-order valence-corrected chi connectivity index (χ3v) is 3.01. The van der Waals surface area contributed by atoms with Gasteiger partial charge in [0.05, 0.1) is 10.5 Å². The van der Waals surface area contributed by atoms with Crippen LogP contribution in [0.4, 0.5) is 17.2 Å². The minimum absolute atomic E-state index is 0.00953. The summed E-state index contributed by atoms with van der Waals surface area (Å²) in [5, 5.41) is 16.2. The van der Waals surface area contributed by atoms with Gasteiger partial charge in [0.25, 0.3) is 11.6 Å². The molecule has 0 unspecified atom stereocenters. The topological polar surface area (TPSA) is 97.2 Å². The Hall–Kier alpha value is -2.67. The van der Waals surface area contributed by atoms with Crippen molar-refractivity contribution in [1.29, 1.82) is 0 Å². The Balaban J connectivity index is 2.28. The molecule has 1 heterocycles. The van der Waals surface area contributed by atoms with Gasteiger partial charge in [0.1, 0.15) is 10.8 Å². The van der Waals surface area contributed by atoms with Gasteiger partial charge in [-0.25, -0.2) is 4.98 Å². The molecule has 0 aliphatic heterocycles. The van der Waals surface area contributed by atoms with Crippen LogP contribution in [0.5, 0.6) is 0 Å². The van der Waals surface area contributed by atoms with Crippen molar-refractivity contribution >= 4 is 34.7 Å². The summed E-state index contributed by atoms with van der Waals surface area (Å²) in [6.45, 7) is 0. The fraction of sp³-hybridized carbons (Fsp3) is 0.0769. The molecule has 1 aromatic carbocycles. The fourth-order valence-corrected chi connectivity index (χ4v) is 1.90. The van der Waals surface area contributed by atoms with Gasteiger partial charge >= 0.3 is 0 Å². The van der Waals surface area contributed by atoms with Crippen LogP contribution in [-0.2, 0) is 0 Å². The first-order valence-corrected chi connectivity index (χ1v) is 6.29. The summed E-state index contributed by atoms with van der Waals surface area (Å²) in [5.41, 5.74) is 0.342. The normalized spacial score (nSPS) is 10.0. The van der Waals surface area contributed by atoms with Crippen molar-refractivity contribution < 1.29 is 9.72 Å². The maximum atomic E-state index is 12.2.